The zero-order chi connectivity index (χ0) is 11.3. The molecule has 4 rings (SSSR count). The van der Waals surface area contributed by atoms with Gasteiger partial charge >= 0.3 is 0 Å². The number of fused-ring (bicyclic) bond motifs is 1. The standard InChI is InChI=1S/C13H20O4/c1-4-14-13(15-5-1)3-2-9(8-16-13)10-6-11-12(7-10)17-11/h9-12H,1-8H2. The molecule has 0 aromatic carbocycles. The van der Waals surface area contributed by atoms with Crippen LogP contribution in [0, 0.1) is 11.8 Å². The molecule has 0 radical (unpaired) electrons. The molecule has 3 unspecified atom stereocenters. The molecule has 0 bridgehead atoms. The smallest absolute Gasteiger partial charge is 0.282 e. The molecule has 1 saturated carbocycles. The lowest BCUT2D eigenvalue weighted by Gasteiger charge is -2.42. The Kier molecular flexibility index (Phi) is 2.47. The highest BCUT2D eigenvalue weighted by Crippen LogP contribution is 2.48. The zero-order valence-corrected chi connectivity index (χ0v) is 10.1. The second-order valence-corrected chi connectivity index (χ2v) is 5.79. The summed E-state index contributed by atoms with van der Waals surface area (Å²) in [7, 11) is 0. The van der Waals surface area contributed by atoms with Crippen molar-refractivity contribution in [3.63, 3.8) is 0 Å². The van der Waals surface area contributed by atoms with E-state index in [2.05, 4.69) is 0 Å². The maximum atomic E-state index is 5.90. The lowest BCUT2D eigenvalue weighted by Crippen LogP contribution is -2.48. The van der Waals surface area contributed by atoms with Gasteiger partial charge in [0.25, 0.3) is 5.97 Å². The molecule has 3 saturated heterocycles. The van der Waals surface area contributed by atoms with Crippen molar-refractivity contribution >= 4 is 0 Å². The minimum absolute atomic E-state index is 0.582. The van der Waals surface area contributed by atoms with Gasteiger partial charge in [-0.2, -0.15) is 0 Å². The van der Waals surface area contributed by atoms with Gasteiger partial charge < -0.3 is 18.9 Å². The van der Waals surface area contributed by atoms with E-state index in [1.165, 1.54) is 19.3 Å². The first-order chi connectivity index (χ1) is 8.35. The van der Waals surface area contributed by atoms with Crippen molar-refractivity contribution in [2.45, 2.75) is 50.3 Å². The van der Waals surface area contributed by atoms with E-state index in [0.717, 1.165) is 38.6 Å². The Morgan fingerprint density at radius 1 is 0.882 bits per heavy atom. The summed E-state index contributed by atoms with van der Waals surface area (Å²) < 4.78 is 22.7. The molecular formula is C13H20O4. The van der Waals surface area contributed by atoms with Crippen molar-refractivity contribution < 1.29 is 18.9 Å². The molecule has 4 heteroatoms. The number of hydrogen-bond acceptors (Lipinski definition) is 4. The third-order valence-electron chi connectivity index (χ3n) is 4.70. The van der Waals surface area contributed by atoms with Crippen molar-refractivity contribution in [3.05, 3.63) is 0 Å². The Balaban J connectivity index is 1.34. The zero-order valence-electron chi connectivity index (χ0n) is 10.1. The Labute approximate surface area is 102 Å². The van der Waals surface area contributed by atoms with Gasteiger partial charge in [-0.05, 0) is 37.5 Å². The minimum Gasteiger partial charge on any atom is -0.370 e. The van der Waals surface area contributed by atoms with Crippen LogP contribution >= 0.6 is 0 Å². The Morgan fingerprint density at radius 3 is 2.29 bits per heavy atom. The molecule has 4 nitrogen and oxygen atoms in total. The molecule has 3 aliphatic heterocycles. The van der Waals surface area contributed by atoms with Gasteiger partial charge in [0, 0.05) is 6.42 Å². The molecule has 0 aromatic heterocycles. The van der Waals surface area contributed by atoms with Crippen LogP contribution in [-0.4, -0.2) is 38.0 Å². The van der Waals surface area contributed by atoms with Gasteiger partial charge in [-0.3, -0.25) is 0 Å². The molecule has 3 heterocycles. The van der Waals surface area contributed by atoms with Crippen LogP contribution in [0.2, 0.25) is 0 Å². The van der Waals surface area contributed by atoms with E-state index in [1.54, 1.807) is 0 Å². The molecule has 3 atom stereocenters. The van der Waals surface area contributed by atoms with Crippen LogP contribution in [0.3, 0.4) is 0 Å². The van der Waals surface area contributed by atoms with Crippen LogP contribution < -0.4 is 0 Å². The van der Waals surface area contributed by atoms with Crippen LogP contribution in [-0.2, 0) is 18.9 Å². The van der Waals surface area contributed by atoms with E-state index < -0.39 is 5.97 Å². The predicted octanol–water partition coefficient (Wildman–Crippen LogP) is 1.68. The second kappa shape index (κ2) is 3.92. The normalized spacial score (nSPS) is 48.0. The monoisotopic (exact) mass is 240 g/mol. The van der Waals surface area contributed by atoms with Crippen LogP contribution in [0.1, 0.15) is 32.1 Å². The third-order valence-corrected chi connectivity index (χ3v) is 4.70. The van der Waals surface area contributed by atoms with Crippen LogP contribution in [0.4, 0.5) is 0 Å². The molecule has 4 aliphatic rings. The molecule has 0 amide bonds. The van der Waals surface area contributed by atoms with Crippen LogP contribution in [0.25, 0.3) is 0 Å². The highest BCUT2D eigenvalue weighted by molar-refractivity contribution is 4.98. The minimum atomic E-state index is -0.688. The average molecular weight is 240 g/mol. The Bertz CT molecular complexity index is 280. The van der Waals surface area contributed by atoms with Crippen molar-refractivity contribution in [1.82, 2.24) is 0 Å². The fourth-order valence-electron chi connectivity index (χ4n) is 3.58. The molecule has 96 valence electrons. The van der Waals surface area contributed by atoms with Crippen molar-refractivity contribution in [3.8, 4) is 0 Å². The van der Waals surface area contributed by atoms with E-state index in [9.17, 15) is 0 Å². The fraction of sp³-hybridized carbons (Fsp3) is 1.00. The van der Waals surface area contributed by atoms with Gasteiger partial charge in [-0.1, -0.05) is 0 Å². The van der Waals surface area contributed by atoms with E-state index in [1.807, 2.05) is 0 Å². The summed E-state index contributed by atoms with van der Waals surface area (Å²) >= 11 is 0. The highest BCUT2D eigenvalue weighted by atomic mass is 16.9. The maximum absolute atomic E-state index is 5.90. The maximum Gasteiger partial charge on any atom is 0.282 e. The van der Waals surface area contributed by atoms with Gasteiger partial charge in [0.15, 0.2) is 0 Å². The van der Waals surface area contributed by atoms with Gasteiger partial charge in [0.05, 0.1) is 32.0 Å². The van der Waals surface area contributed by atoms with E-state index in [0.29, 0.717) is 18.1 Å². The molecule has 1 aliphatic carbocycles. The first kappa shape index (κ1) is 10.7. The predicted molar refractivity (Wildman–Crippen MR) is 59.3 cm³/mol. The quantitative estimate of drug-likeness (QED) is 0.654. The number of rotatable bonds is 1. The van der Waals surface area contributed by atoms with Gasteiger partial charge in [-0.15, -0.1) is 0 Å². The summed E-state index contributed by atoms with van der Waals surface area (Å²) in [5.41, 5.74) is 0. The largest absolute Gasteiger partial charge is 0.370 e. The van der Waals surface area contributed by atoms with Crippen LogP contribution in [0.15, 0.2) is 0 Å². The summed E-state index contributed by atoms with van der Waals surface area (Å²) in [5, 5.41) is 0. The molecule has 1 spiro atoms. The van der Waals surface area contributed by atoms with Crippen LogP contribution in [0.5, 0.6) is 0 Å². The fourth-order valence-corrected chi connectivity index (χ4v) is 3.58. The number of hydrogen-bond donors (Lipinski definition) is 0. The topological polar surface area (TPSA) is 40.2 Å². The third kappa shape index (κ3) is 1.91. The lowest BCUT2D eigenvalue weighted by molar-refractivity contribution is -0.416. The Morgan fingerprint density at radius 2 is 1.65 bits per heavy atom. The first-order valence-corrected chi connectivity index (χ1v) is 6.92. The lowest BCUT2D eigenvalue weighted by atomic mass is 9.85. The van der Waals surface area contributed by atoms with Crippen molar-refractivity contribution in [1.29, 1.82) is 0 Å². The first-order valence-electron chi connectivity index (χ1n) is 6.92. The summed E-state index contributed by atoms with van der Waals surface area (Å²) in [5.74, 6) is 0.804. The number of epoxide rings is 1. The summed E-state index contributed by atoms with van der Waals surface area (Å²) in [4.78, 5) is 0. The molecule has 4 fully saturated rings. The SMILES string of the molecule is C1COC2(CCC(C3CC4OC4C3)CO2)OC1. The number of ether oxygens (including phenoxy) is 4. The molecular weight excluding hydrogens is 220 g/mol. The molecule has 0 aromatic rings. The molecule has 17 heavy (non-hydrogen) atoms. The van der Waals surface area contributed by atoms with E-state index in [4.69, 9.17) is 18.9 Å². The summed E-state index contributed by atoms with van der Waals surface area (Å²) in [6.07, 6.45) is 6.70. The van der Waals surface area contributed by atoms with Crippen molar-refractivity contribution in [2.24, 2.45) is 11.8 Å². The summed E-state index contributed by atoms with van der Waals surface area (Å²) in [6.45, 7) is 2.34. The highest BCUT2D eigenvalue weighted by Gasteiger charge is 2.51. The summed E-state index contributed by atoms with van der Waals surface area (Å²) in [6, 6.07) is 0. The van der Waals surface area contributed by atoms with Gasteiger partial charge in [0.1, 0.15) is 0 Å². The van der Waals surface area contributed by atoms with Gasteiger partial charge in [-0.25, -0.2) is 0 Å². The van der Waals surface area contributed by atoms with Gasteiger partial charge in [0.2, 0.25) is 0 Å². The van der Waals surface area contributed by atoms with E-state index >= 15 is 0 Å². The Hall–Kier alpha value is -0.160. The van der Waals surface area contributed by atoms with E-state index in [-0.39, 0.29) is 0 Å². The second-order valence-electron chi connectivity index (χ2n) is 5.79. The van der Waals surface area contributed by atoms with Crippen molar-refractivity contribution in [2.75, 3.05) is 19.8 Å². The average Bonchev–Trinajstić information content (AvgIpc) is 2.98. The molecule has 0 N–H and O–H groups in total.